The Morgan fingerprint density at radius 3 is 2.78 bits per heavy atom. The molecule has 0 amide bonds. The van der Waals surface area contributed by atoms with Gasteiger partial charge in [-0.25, -0.2) is 9.97 Å². The number of hydrogen-bond donors (Lipinski definition) is 1. The van der Waals surface area contributed by atoms with Crippen LogP contribution in [0.4, 0.5) is 0 Å². The molecule has 1 atom stereocenters. The zero-order chi connectivity index (χ0) is 12.4. The summed E-state index contributed by atoms with van der Waals surface area (Å²) in [6.45, 7) is 2.85. The molecule has 0 saturated heterocycles. The molecule has 0 aromatic carbocycles. The van der Waals surface area contributed by atoms with Crippen molar-refractivity contribution in [1.82, 2.24) is 15.3 Å². The Morgan fingerprint density at radius 1 is 1.28 bits per heavy atom. The third-order valence-corrected chi connectivity index (χ3v) is 4.88. The van der Waals surface area contributed by atoms with Gasteiger partial charge >= 0.3 is 0 Å². The monoisotopic (exact) mass is 245 g/mol. The van der Waals surface area contributed by atoms with E-state index >= 15 is 0 Å². The summed E-state index contributed by atoms with van der Waals surface area (Å²) < 4.78 is 0. The summed E-state index contributed by atoms with van der Waals surface area (Å²) >= 11 is 0. The van der Waals surface area contributed by atoms with Crippen molar-refractivity contribution in [2.45, 2.75) is 64.5 Å². The average Bonchev–Trinajstić information content (AvgIpc) is 2.39. The normalized spacial score (nSPS) is 25.9. The van der Waals surface area contributed by atoms with Gasteiger partial charge in [0.15, 0.2) is 0 Å². The Labute approximate surface area is 109 Å². The van der Waals surface area contributed by atoms with Crippen molar-refractivity contribution < 1.29 is 0 Å². The van der Waals surface area contributed by atoms with Crippen molar-refractivity contribution in [3.8, 4) is 0 Å². The Kier molecular flexibility index (Phi) is 3.33. The molecular weight excluding hydrogens is 222 g/mol. The number of aromatic nitrogens is 2. The number of nitrogens with one attached hydrogen (secondary N) is 1. The first-order valence-corrected chi connectivity index (χ1v) is 7.30. The highest BCUT2D eigenvalue weighted by atomic mass is 15.0. The lowest BCUT2D eigenvalue weighted by atomic mass is 9.57. The van der Waals surface area contributed by atoms with E-state index in [1.54, 1.807) is 0 Å². The average molecular weight is 245 g/mol. The standard InChI is InChI=1S/C15H23N3/c1-12-16-10-6-13(18-12)11-17-14-5-9-15(14)7-3-2-4-8-15/h6,10,14,17H,2-5,7-9,11H2,1H3. The SMILES string of the molecule is Cc1nccc(CNC2CCC23CCCCC3)n1. The predicted octanol–water partition coefficient (Wildman–Crippen LogP) is 2.99. The molecule has 1 heterocycles. The quantitative estimate of drug-likeness (QED) is 0.889. The van der Waals surface area contributed by atoms with Crippen molar-refractivity contribution in [2.75, 3.05) is 0 Å². The smallest absolute Gasteiger partial charge is 0.125 e. The summed E-state index contributed by atoms with van der Waals surface area (Å²) in [5.41, 5.74) is 1.76. The first-order valence-electron chi connectivity index (χ1n) is 7.30. The van der Waals surface area contributed by atoms with Crippen LogP contribution in [0.2, 0.25) is 0 Å². The van der Waals surface area contributed by atoms with Gasteiger partial charge in [0.1, 0.15) is 5.82 Å². The highest BCUT2D eigenvalue weighted by Gasteiger charge is 2.46. The van der Waals surface area contributed by atoms with Crippen LogP contribution in [0.1, 0.15) is 56.5 Å². The van der Waals surface area contributed by atoms with Crippen molar-refractivity contribution in [3.05, 3.63) is 23.8 Å². The molecule has 3 rings (SSSR count). The van der Waals surface area contributed by atoms with Gasteiger partial charge in [-0.2, -0.15) is 0 Å². The molecule has 3 nitrogen and oxygen atoms in total. The maximum absolute atomic E-state index is 4.46. The van der Waals surface area contributed by atoms with E-state index in [1.165, 1.54) is 44.9 Å². The van der Waals surface area contributed by atoms with E-state index in [2.05, 4.69) is 15.3 Å². The van der Waals surface area contributed by atoms with Crippen molar-refractivity contribution >= 4 is 0 Å². The van der Waals surface area contributed by atoms with Gasteiger partial charge in [0.05, 0.1) is 5.69 Å². The fourth-order valence-corrected chi connectivity index (χ4v) is 3.70. The van der Waals surface area contributed by atoms with E-state index < -0.39 is 0 Å². The summed E-state index contributed by atoms with van der Waals surface area (Å²) in [6.07, 6.45) is 11.8. The second-order valence-corrected chi connectivity index (χ2v) is 5.99. The molecular formula is C15H23N3. The molecule has 1 N–H and O–H groups in total. The van der Waals surface area contributed by atoms with Gasteiger partial charge in [-0.1, -0.05) is 19.3 Å². The van der Waals surface area contributed by atoms with Gasteiger partial charge in [-0.15, -0.1) is 0 Å². The fourth-order valence-electron chi connectivity index (χ4n) is 3.70. The van der Waals surface area contributed by atoms with E-state index in [4.69, 9.17) is 0 Å². The van der Waals surface area contributed by atoms with Crippen LogP contribution in [-0.2, 0) is 6.54 Å². The van der Waals surface area contributed by atoms with Gasteiger partial charge in [0, 0.05) is 18.8 Å². The molecule has 18 heavy (non-hydrogen) atoms. The van der Waals surface area contributed by atoms with E-state index in [0.717, 1.165) is 24.1 Å². The third kappa shape index (κ3) is 2.28. The minimum Gasteiger partial charge on any atom is -0.308 e. The lowest BCUT2D eigenvalue weighted by Gasteiger charge is -2.52. The molecule has 0 radical (unpaired) electrons. The Morgan fingerprint density at radius 2 is 2.11 bits per heavy atom. The Bertz CT molecular complexity index is 410. The molecule has 2 saturated carbocycles. The maximum atomic E-state index is 4.46. The van der Waals surface area contributed by atoms with Crippen molar-refractivity contribution in [2.24, 2.45) is 5.41 Å². The number of aryl methyl sites for hydroxylation is 1. The van der Waals surface area contributed by atoms with Crippen LogP contribution in [0.15, 0.2) is 12.3 Å². The zero-order valence-electron chi connectivity index (χ0n) is 11.3. The molecule has 2 aliphatic carbocycles. The van der Waals surface area contributed by atoms with Crippen LogP contribution in [-0.4, -0.2) is 16.0 Å². The fraction of sp³-hybridized carbons (Fsp3) is 0.733. The van der Waals surface area contributed by atoms with Gasteiger partial charge in [-0.3, -0.25) is 0 Å². The summed E-state index contributed by atoms with van der Waals surface area (Å²) in [5, 5.41) is 3.73. The van der Waals surface area contributed by atoms with Gasteiger partial charge in [0.2, 0.25) is 0 Å². The topological polar surface area (TPSA) is 37.8 Å². The predicted molar refractivity (Wildman–Crippen MR) is 72.1 cm³/mol. The molecule has 3 heteroatoms. The van der Waals surface area contributed by atoms with Crippen LogP contribution < -0.4 is 5.32 Å². The van der Waals surface area contributed by atoms with Crippen molar-refractivity contribution in [3.63, 3.8) is 0 Å². The number of nitrogens with zero attached hydrogens (tertiary/aromatic N) is 2. The van der Waals surface area contributed by atoms with E-state index in [9.17, 15) is 0 Å². The maximum Gasteiger partial charge on any atom is 0.125 e. The zero-order valence-corrected chi connectivity index (χ0v) is 11.3. The molecule has 2 aliphatic rings. The largest absolute Gasteiger partial charge is 0.308 e. The Hall–Kier alpha value is -0.960. The molecule has 2 fully saturated rings. The third-order valence-electron chi connectivity index (χ3n) is 4.88. The second-order valence-electron chi connectivity index (χ2n) is 5.99. The van der Waals surface area contributed by atoms with Gasteiger partial charge < -0.3 is 5.32 Å². The molecule has 0 aliphatic heterocycles. The highest BCUT2D eigenvalue weighted by molar-refractivity contribution is 5.05. The van der Waals surface area contributed by atoms with Gasteiger partial charge in [0.25, 0.3) is 0 Å². The minimum absolute atomic E-state index is 0.639. The minimum atomic E-state index is 0.639. The van der Waals surface area contributed by atoms with Crippen LogP contribution in [0, 0.1) is 12.3 Å². The number of hydrogen-bond acceptors (Lipinski definition) is 3. The second kappa shape index (κ2) is 4.96. The molecule has 98 valence electrons. The van der Waals surface area contributed by atoms with Crippen LogP contribution in [0.3, 0.4) is 0 Å². The lowest BCUT2D eigenvalue weighted by molar-refractivity contribution is 0.0220. The van der Waals surface area contributed by atoms with Gasteiger partial charge in [-0.05, 0) is 44.1 Å². The highest BCUT2D eigenvalue weighted by Crippen LogP contribution is 2.51. The number of rotatable bonds is 3. The van der Waals surface area contributed by atoms with Crippen molar-refractivity contribution in [1.29, 1.82) is 0 Å². The molecule has 1 spiro atoms. The summed E-state index contributed by atoms with van der Waals surface area (Å²) in [6, 6.07) is 2.75. The Balaban J connectivity index is 1.57. The molecule has 0 bridgehead atoms. The summed E-state index contributed by atoms with van der Waals surface area (Å²) in [7, 11) is 0. The van der Waals surface area contributed by atoms with Crippen LogP contribution in [0.25, 0.3) is 0 Å². The summed E-state index contributed by atoms with van der Waals surface area (Å²) in [4.78, 5) is 8.61. The first kappa shape index (κ1) is 12.1. The summed E-state index contributed by atoms with van der Waals surface area (Å²) in [5.74, 6) is 0.871. The van der Waals surface area contributed by atoms with E-state index in [0.29, 0.717) is 5.41 Å². The molecule has 1 aromatic rings. The first-order chi connectivity index (χ1) is 8.78. The van der Waals surface area contributed by atoms with E-state index in [1.807, 2.05) is 19.2 Å². The lowest BCUT2D eigenvalue weighted by Crippen LogP contribution is -2.54. The van der Waals surface area contributed by atoms with E-state index in [-0.39, 0.29) is 0 Å². The molecule has 1 aromatic heterocycles. The van der Waals surface area contributed by atoms with Crippen LogP contribution in [0.5, 0.6) is 0 Å². The van der Waals surface area contributed by atoms with Crippen LogP contribution >= 0.6 is 0 Å². The molecule has 1 unspecified atom stereocenters.